The van der Waals surface area contributed by atoms with Crippen LogP contribution in [-0.2, 0) is 0 Å². The number of ether oxygens (including phenoxy) is 1. The van der Waals surface area contributed by atoms with Gasteiger partial charge >= 0.3 is 0 Å². The van der Waals surface area contributed by atoms with Crippen molar-refractivity contribution in [2.45, 2.75) is 51.2 Å². The molecule has 1 aliphatic rings. The minimum Gasteiger partial charge on any atom is -0.503 e. The van der Waals surface area contributed by atoms with Gasteiger partial charge in [0, 0.05) is 0 Å². The Bertz CT molecular complexity index is 481. The molecule has 4 N–H and O–H groups in total. The highest BCUT2D eigenvalue weighted by atomic mass is 79.9. The number of rotatable bonds is 5. The molecule has 0 saturated heterocycles. The van der Waals surface area contributed by atoms with E-state index in [2.05, 4.69) is 15.9 Å². The first-order valence-corrected chi connectivity index (χ1v) is 8.42. The molecule has 0 radical (unpaired) electrons. The van der Waals surface area contributed by atoms with E-state index in [1.54, 1.807) is 12.1 Å². The molecule has 0 aliphatic heterocycles. The van der Waals surface area contributed by atoms with Crippen LogP contribution in [-0.4, -0.2) is 22.9 Å². The lowest BCUT2D eigenvalue weighted by Crippen LogP contribution is -2.34. The number of hydrogen-bond acceptors (Lipinski definition) is 4. The van der Waals surface area contributed by atoms with Crippen LogP contribution < -0.4 is 10.5 Å². The Labute approximate surface area is 146 Å². The van der Waals surface area contributed by atoms with Gasteiger partial charge in [-0.2, -0.15) is 0 Å². The maximum atomic E-state index is 10.5. The molecule has 0 spiro atoms. The van der Waals surface area contributed by atoms with E-state index in [1.165, 1.54) is 6.42 Å². The molecule has 0 bridgehead atoms. The monoisotopic (exact) mass is 393 g/mol. The first kappa shape index (κ1) is 19.6. The quantitative estimate of drug-likeness (QED) is 0.707. The van der Waals surface area contributed by atoms with Crippen LogP contribution in [0.1, 0.15) is 50.6 Å². The molecule has 22 heavy (non-hydrogen) atoms. The van der Waals surface area contributed by atoms with Gasteiger partial charge in [0.05, 0.1) is 23.2 Å². The summed E-state index contributed by atoms with van der Waals surface area (Å²) in [6, 6.07) is 3.01. The summed E-state index contributed by atoms with van der Waals surface area (Å²) in [5.41, 5.74) is 7.02. The van der Waals surface area contributed by atoms with Gasteiger partial charge in [0.2, 0.25) is 0 Å². The SMILES string of the molecule is CCOc1cc([C@@H](N)[C@@H](O)C2CCCCC2)cc(Br)c1O.Cl. The van der Waals surface area contributed by atoms with Crippen molar-refractivity contribution in [2.24, 2.45) is 11.7 Å². The van der Waals surface area contributed by atoms with E-state index in [1.807, 2.05) is 6.92 Å². The number of halogens is 2. The first-order chi connectivity index (χ1) is 10.0. The van der Waals surface area contributed by atoms with Crippen molar-refractivity contribution in [1.82, 2.24) is 0 Å². The van der Waals surface area contributed by atoms with E-state index >= 15 is 0 Å². The van der Waals surface area contributed by atoms with Crippen LogP contribution in [0.3, 0.4) is 0 Å². The van der Waals surface area contributed by atoms with E-state index < -0.39 is 12.1 Å². The molecule has 126 valence electrons. The van der Waals surface area contributed by atoms with Crippen molar-refractivity contribution in [3.05, 3.63) is 22.2 Å². The van der Waals surface area contributed by atoms with Crippen LogP contribution >= 0.6 is 28.3 Å². The summed E-state index contributed by atoms with van der Waals surface area (Å²) in [6.45, 7) is 2.32. The van der Waals surface area contributed by atoms with Crippen molar-refractivity contribution in [2.75, 3.05) is 6.61 Å². The molecule has 2 atom stereocenters. The molecular formula is C16H25BrClNO3. The lowest BCUT2D eigenvalue weighted by Gasteiger charge is -2.30. The van der Waals surface area contributed by atoms with E-state index in [0.29, 0.717) is 16.8 Å². The molecule has 2 rings (SSSR count). The highest BCUT2D eigenvalue weighted by Gasteiger charge is 2.28. The topological polar surface area (TPSA) is 75.7 Å². The molecule has 1 aromatic rings. The number of phenolic OH excluding ortho intramolecular Hbond substituents is 1. The Hall–Kier alpha value is -0.490. The van der Waals surface area contributed by atoms with Crippen LogP contribution in [0.4, 0.5) is 0 Å². The second-order valence-corrected chi connectivity index (χ2v) is 6.55. The zero-order valence-corrected chi connectivity index (χ0v) is 15.2. The summed E-state index contributed by atoms with van der Waals surface area (Å²) in [6.07, 6.45) is 5.09. The van der Waals surface area contributed by atoms with Gasteiger partial charge in [0.1, 0.15) is 0 Å². The minimum absolute atomic E-state index is 0. The molecule has 1 fully saturated rings. The molecule has 0 amide bonds. The molecular weight excluding hydrogens is 370 g/mol. The fraction of sp³-hybridized carbons (Fsp3) is 0.625. The Morgan fingerprint density at radius 2 is 1.95 bits per heavy atom. The smallest absolute Gasteiger partial charge is 0.172 e. The molecule has 1 aliphatic carbocycles. The molecule has 1 aromatic carbocycles. The molecule has 6 heteroatoms. The third kappa shape index (κ3) is 4.51. The fourth-order valence-corrected chi connectivity index (χ4v) is 3.48. The minimum atomic E-state index is -0.559. The molecule has 0 unspecified atom stereocenters. The van der Waals surface area contributed by atoms with Gasteiger partial charge in [-0.3, -0.25) is 0 Å². The lowest BCUT2D eigenvalue weighted by atomic mass is 9.81. The van der Waals surface area contributed by atoms with Crippen LogP contribution in [0.2, 0.25) is 0 Å². The van der Waals surface area contributed by atoms with Crippen molar-refractivity contribution >= 4 is 28.3 Å². The molecule has 0 heterocycles. The predicted octanol–water partition coefficient (Wildman–Crippen LogP) is 3.92. The average molecular weight is 395 g/mol. The lowest BCUT2D eigenvalue weighted by molar-refractivity contribution is 0.0617. The number of aliphatic hydroxyl groups excluding tert-OH is 1. The Morgan fingerprint density at radius 3 is 2.55 bits per heavy atom. The van der Waals surface area contributed by atoms with Crippen LogP contribution in [0.5, 0.6) is 11.5 Å². The maximum Gasteiger partial charge on any atom is 0.172 e. The van der Waals surface area contributed by atoms with E-state index in [4.69, 9.17) is 10.5 Å². The maximum absolute atomic E-state index is 10.5. The second kappa shape index (κ2) is 8.96. The van der Waals surface area contributed by atoms with E-state index in [9.17, 15) is 10.2 Å². The highest BCUT2D eigenvalue weighted by Crippen LogP contribution is 2.39. The van der Waals surface area contributed by atoms with Gasteiger partial charge in [0.15, 0.2) is 11.5 Å². The summed E-state index contributed by atoms with van der Waals surface area (Å²) in [4.78, 5) is 0. The second-order valence-electron chi connectivity index (χ2n) is 5.70. The predicted molar refractivity (Wildman–Crippen MR) is 93.7 cm³/mol. The van der Waals surface area contributed by atoms with Crippen LogP contribution in [0.25, 0.3) is 0 Å². The van der Waals surface area contributed by atoms with Gasteiger partial charge in [-0.25, -0.2) is 0 Å². The largest absolute Gasteiger partial charge is 0.503 e. The molecule has 0 aromatic heterocycles. The fourth-order valence-electron chi connectivity index (χ4n) is 3.02. The summed E-state index contributed by atoms with van der Waals surface area (Å²) >= 11 is 3.31. The number of aromatic hydroxyl groups is 1. The van der Waals surface area contributed by atoms with Crippen molar-refractivity contribution < 1.29 is 14.9 Å². The molecule has 1 saturated carbocycles. The number of nitrogens with two attached hydrogens (primary N) is 1. The van der Waals surface area contributed by atoms with E-state index in [0.717, 1.165) is 31.2 Å². The summed E-state index contributed by atoms with van der Waals surface area (Å²) in [7, 11) is 0. The summed E-state index contributed by atoms with van der Waals surface area (Å²) in [5.74, 6) is 0.727. The standard InChI is InChI=1S/C16H24BrNO3.ClH/c1-2-21-13-9-11(8-12(17)16(13)20)14(18)15(19)10-6-4-3-5-7-10;/h8-10,14-15,19-20H,2-7,18H2,1H3;1H/t14-,15+;/m1./s1. The summed E-state index contributed by atoms with van der Waals surface area (Å²) < 4.78 is 5.95. The van der Waals surface area contributed by atoms with Gasteiger partial charge in [-0.15, -0.1) is 12.4 Å². The van der Waals surface area contributed by atoms with Crippen LogP contribution in [0.15, 0.2) is 16.6 Å². The van der Waals surface area contributed by atoms with Gasteiger partial charge in [-0.05, 0) is 59.3 Å². The highest BCUT2D eigenvalue weighted by molar-refractivity contribution is 9.10. The Morgan fingerprint density at radius 1 is 1.32 bits per heavy atom. The number of benzene rings is 1. The average Bonchev–Trinajstić information content (AvgIpc) is 2.51. The van der Waals surface area contributed by atoms with Crippen molar-refractivity contribution in [3.63, 3.8) is 0 Å². The van der Waals surface area contributed by atoms with Crippen molar-refractivity contribution in [1.29, 1.82) is 0 Å². The van der Waals surface area contributed by atoms with Crippen LogP contribution in [0, 0.1) is 5.92 Å². The van der Waals surface area contributed by atoms with Gasteiger partial charge in [-0.1, -0.05) is 19.3 Å². The summed E-state index contributed by atoms with van der Waals surface area (Å²) in [5, 5.41) is 20.5. The van der Waals surface area contributed by atoms with Gasteiger partial charge in [0.25, 0.3) is 0 Å². The first-order valence-electron chi connectivity index (χ1n) is 7.63. The normalized spacial score (nSPS) is 18.4. The Kier molecular flexibility index (Phi) is 7.97. The number of phenols is 1. The molecule has 4 nitrogen and oxygen atoms in total. The number of hydrogen-bond donors (Lipinski definition) is 3. The van der Waals surface area contributed by atoms with Gasteiger partial charge < -0.3 is 20.7 Å². The third-order valence-electron chi connectivity index (χ3n) is 4.24. The zero-order chi connectivity index (χ0) is 15.4. The van der Waals surface area contributed by atoms with E-state index in [-0.39, 0.29) is 24.1 Å². The number of aliphatic hydroxyl groups is 1. The Balaban J connectivity index is 0.00000242. The third-order valence-corrected chi connectivity index (χ3v) is 4.84. The zero-order valence-electron chi connectivity index (χ0n) is 12.8. The van der Waals surface area contributed by atoms with Crippen molar-refractivity contribution in [3.8, 4) is 11.5 Å².